The predicted octanol–water partition coefficient (Wildman–Crippen LogP) is 2.15. The van der Waals surface area contributed by atoms with Gasteiger partial charge >= 0.3 is 0 Å². The van der Waals surface area contributed by atoms with E-state index in [1.54, 1.807) is 6.42 Å². The molecule has 0 aromatic heterocycles. The summed E-state index contributed by atoms with van der Waals surface area (Å²) in [5, 5.41) is 0. The van der Waals surface area contributed by atoms with E-state index in [1.807, 2.05) is 0 Å². The molecule has 0 heterocycles. The molecule has 6 aliphatic carbocycles. The van der Waals surface area contributed by atoms with Gasteiger partial charge in [-0.1, -0.05) is 13.8 Å². The summed E-state index contributed by atoms with van der Waals surface area (Å²) in [4.78, 5) is 0. The summed E-state index contributed by atoms with van der Waals surface area (Å²) in [5.74, 6) is 7.37. The largest absolute Gasteiger partial charge is 0.0585 e. The molecule has 2 bridgehead atoms. The van der Waals surface area contributed by atoms with Crippen LogP contribution in [-0.4, -0.2) is 0 Å². The Balaban J connectivity index is 1.96. The van der Waals surface area contributed by atoms with Crippen LogP contribution in [0.4, 0.5) is 0 Å². The number of hydrogen-bond acceptors (Lipinski definition) is 0. The molecule has 58 valence electrons. The van der Waals surface area contributed by atoms with Gasteiger partial charge in [0, 0.05) is 0 Å². The average Bonchev–Trinajstić information content (AvgIpc) is 2.66. The van der Waals surface area contributed by atoms with Gasteiger partial charge in [0.05, 0.1) is 0 Å². The summed E-state index contributed by atoms with van der Waals surface area (Å²) in [6.07, 6.45) is 1.65. The lowest BCUT2D eigenvalue weighted by Crippen LogP contribution is -2.09. The van der Waals surface area contributed by atoms with E-state index in [2.05, 4.69) is 13.8 Å². The maximum Gasteiger partial charge on any atom is -0.0198 e. The number of hydrogen-bond donors (Lipinski definition) is 0. The van der Waals surface area contributed by atoms with Crippen molar-refractivity contribution in [3.63, 3.8) is 0 Å². The van der Waals surface area contributed by atoms with E-state index in [-0.39, 0.29) is 0 Å². The van der Waals surface area contributed by atoms with Crippen molar-refractivity contribution in [2.24, 2.45) is 46.3 Å². The second-order valence-electron chi connectivity index (χ2n) is 6.23. The Labute approximate surface area is 67.4 Å². The summed E-state index contributed by atoms with van der Waals surface area (Å²) in [6, 6.07) is 0. The molecule has 0 nitrogen and oxygen atoms in total. The van der Waals surface area contributed by atoms with Crippen LogP contribution in [0.5, 0.6) is 0 Å². The Bertz CT molecular complexity index is 240. The van der Waals surface area contributed by atoms with E-state index in [4.69, 9.17) is 0 Å². The molecule has 8 atom stereocenters. The molecule has 0 aromatic carbocycles. The van der Waals surface area contributed by atoms with Crippen molar-refractivity contribution in [2.75, 3.05) is 0 Å². The lowest BCUT2D eigenvalue weighted by Gasteiger charge is -2.14. The van der Waals surface area contributed by atoms with Crippen LogP contribution >= 0.6 is 0 Å². The van der Waals surface area contributed by atoms with Crippen LogP contribution in [-0.2, 0) is 0 Å². The standard InChI is InChI=1S/C11H14/c1-10-6-4-3-5(7(6)10)9-8(4)11(9,10)2/h4-9H,3H2,1-2H3/t4?,5?,6-,7+,8+,9-,10?,11?. The molecule has 0 aromatic rings. The first-order valence-corrected chi connectivity index (χ1v) is 5.22. The van der Waals surface area contributed by atoms with Crippen molar-refractivity contribution < 1.29 is 0 Å². The zero-order valence-corrected chi connectivity index (χ0v) is 7.17. The highest BCUT2D eigenvalue weighted by atomic mass is 15.0. The minimum absolute atomic E-state index is 0.885. The molecule has 6 fully saturated rings. The molecule has 6 aliphatic rings. The van der Waals surface area contributed by atoms with Crippen LogP contribution < -0.4 is 0 Å². The van der Waals surface area contributed by atoms with Crippen LogP contribution in [0.2, 0.25) is 0 Å². The average molecular weight is 146 g/mol. The van der Waals surface area contributed by atoms with Gasteiger partial charge in [0.2, 0.25) is 0 Å². The van der Waals surface area contributed by atoms with Gasteiger partial charge in [-0.15, -0.1) is 0 Å². The van der Waals surface area contributed by atoms with Crippen LogP contribution in [0.15, 0.2) is 0 Å². The lowest BCUT2D eigenvalue weighted by atomic mass is 9.90. The summed E-state index contributed by atoms with van der Waals surface area (Å²) < 4.78 is 0. The summed E-state index contributed by atoms with van der Waals surface area (Å²) in [5.41, 5.74) is 1.77. The molecule has 11 heavy (non-hydrogen) atoms. The van der Waals surface area contributed by atoms with Gasteiger partial charge in [-0.25, -0.2) is 0 Å². The van der Waals surface area contributed by atoms with E-state index in [0.29, 0.717) is 0 Å². The monoisotopic (exact) mass is 146 g/mol. The van der Waals surface area contributed by atoms with Crippen LogP contribution in [0, 0.1) is 46.3 Å². The van der Waals surface area contributed by atoms with Crippen molar-refractivity contribution in [3.8, 4) is 0 Å². The Hall–Kier alpha value is 0. The third-order valence-electron chi connectivity index (χ3n) is 6.88. The summed E-state index contributed by atoms with van der Waals surface area (Å²) in [6.45, 7) is 5.21. The molecule has 0 spiro atoms. The summed E-state index contributed by atoms with van der Waals surface area (Å²) in [7, 11) is 0. The molecule has 4 unspecified atom stereocenters. The third-order valence-corrected chi connectivity index (χ3v) is 6.88. The van der Waals surface area contributed by atoms with E-state index < -0.39 is 0 Å². The number of rotatable bonds is 0. The van der Waals surface area contributed by atoms with Gasteiger partial charge in [-0.3, -0.25) is 0 Å². The fraction of sp³-hybridized carbons (Fsp3) is 1.00. The van der Waals surface area contributed by atoms with Crippen molar-refractivity contribution in [1.82, 2.24) is 0 Å². The van der Waals surface area contributed by atoms with Crippen molar-refractivity contribution >= 4 is 0 Å². The molecule has 6 saturated carbocycles. The second-order valence-corrected chi connectivity index (χ2v) is 6.23. The maximum atomic E-state index is 2.61. The topological polar surface area (TPSA) is 0 Å². The van der Waals surface area contributed by atoms with Crippen LogP contribution in [0.25, 0.3) is 0 Å². The molecule has 0 N–H and O–H groups in total. The van der Waals surface area contributed by atoms with Crippen molar-refractivity contribution in [3.05, 3.63) is 0 Å². The van der Waals surface area contributed by atoms with Gasteiger partial charge in [0.1, 0.15) is 0 Å². The molecule has 0 heteroatoms. The minimum Gasteiger partial charge on any atom is -0.0585 e. The van der Waals surface area contributed by atoms with Crippen LogP contribution in [0.1, 0.15) is 20.3 Å². The minimum atomic E-state index is 0.885. The molecule has 0 saturated heterocycles. The highest BCUT2D eigenvalue weighted by molar-refractivity contribution is 5.47. The molecule has 0 amide bonds. The van der Waals surface area contributed by atoms with E-state index in [9.17, 15) is 0 Å². The Morgan fingerprint density at radius 1 is 0.818 bits per heavy atom. The second kappa shape index (κ2) is 0.843. The smallest absolute Gasteiger partial charge is 0.0198 e. The van der Waals surface area contributed by atoms with Gasteiger partial charge < -0.3 is 0 Å². The first kappa shape index (κ1) is 4.89. The highest BCUT2D eigenvalue weighted by Crippen LogP contribution is 3.04. The third kappa shape index (κ3) is 0.197. The van der Waals surface area contributed by atoms with E-state index in [0.717, 1.165) is 10.8 Å². The zero-order valence-electron chi connectivity index (χ0n) is 7.17. The quantitative estimate of drug-likeness (QED) is 0.491. The first-order valence-electron chi connectivity index (χ1n) is 5.22. The van der Waals surface area contributed by atoms with Crippen molar-refractivity contribution in [2.45, 2.75) is 20.3 Å². The summed E-state index contributed by atoms with van der Waals surface area (Å²) >= 11 is 0. The maximum absolute atomic E-state index is 2.61. The fourth-order valence-corrected chi connectivity index (χ4v) is 6.79. The Kier molecular flexibility index (Phi) is 0.375. The fourth-order valence-electron chi connectivity index (χ4n) is 6.79. The lowest BCUT2D eigenvalue weighted by molar-refractivity contribution is 0.330. The molecule has 0 aliphatic heterocycles. The molecular formula is C11H14. The normalized spacial score (nSPS) is 96.5. The van der Waals surface area contributed by atoms with Gasteiger partial charge in [0.25, 0.3) is 0 Å². The zero-order chi connectivity index (χ0) is 7.17. The van der Waals surface area contributed by atoms with Gasteiger partial charge in [-0.2, -0.15) is 0 Å². The molecular weight excluding hydrogens is 132 g/mol. The van der Waals surface area contributed by atoms with Crippen LogP contribution in [0.3, 0.4) is 0 Å². The predicted molar refractivity (Wildman–Crippen MR) is 41.8 cm³/mol. The molecule has 6 rings (SSSR count). The Morgan fingerprint density at radius 2 is 1.18 bits per heavy atom. The SMILES string of the molecule is CC12[C@@H]3C4CC([C@@H]5[C@H]4C51C)[C@@H]32. The van der Waals surface area contributed by atoms with Crippen molar-refractivity contribution in [1.29, 1.82) is 0 Å². The van der Waals surface area contributed by atoms with E-state index in [1.165, 1.54) is 35.5 Å². The van der Waals surface area contributed by atoms with E-state index >= 15 is 0 Å². The molecule has 0 radical (unpaired) electrons. The first-order chi connectivity index (χ1) is 5.22. The highest BCUT2D eigenvalue weighted by Gasteiger charge is 3.00. The van der Waals surface area contributed by atoms with Gasteiger partial charge in [-0.05, 0) is 52.8 Å². The van der Waals surface area contributed by atoms with Gasteiger partial charge in [0.15, 0.2) is 0 Å². The Morgan fingerprint density at radius 3 is 1.36 bits per heavy atom.